The number of nitrogens with zero attached hydrogens (tertiary/aromatic N) is 6. The van der Waals surface area contributed by atoms with Crippen molar-refractivity contribution in [3.63, 3.8) is 0 Å². The second kappa shape index (κ2) is 11.9. The number of anilines is 3. The van der Waals surface area contributed by atoms with Gasteiger partial charge in [0.25, 0.3) is 11.8 Å². The number of carboxylic acids is 2. The van der Waals surface area contributed by atoms with Gasteiger partial charge in [0.1, 0.15) is 11.4 Å². The number of rotatable bonds is 11. The number of thioether (sulfide) groups is 1. The van der Waals surface area contributed by atoms with Crippen LogP contribution >= 0.6 is 23.3 Å². The average molecular weight is 638 g/mol. The van der Waals surface area contributed by atoms with Gasteiger partial charge in [-0.05, 0) is 13.8 Å². The summed E-state index contributed by atoms with van der Waals surface area (Å²) in [5.41, 5.74) is 14.9. The number of hydrogen-bond donors (Lipinski definition) is 6. The van der Waals surface area contributed by atoms with Crippen molar-refractivity contribution in [2.75, 3.05) is 29.1 Å². The van der Waals surface area contributed by atoms with Crippen molar-refractivity contribution < 1.29 is 43.7 Å². The van der Waals surface area contributed by atoms with Gasteiger partial charge in [0.15, 0.2) is 23.2 Å². The number of carbonyl (C=O) groups excluding carboxylic acids is 4. The number of oxime groups is 1. The molecule has 1 saturated heterocycles. The van der Waals surface area contributed by atoms with Crippen LogP contribution in [0.1, 0.15) is 19.7 Å². The number of β-lactam (4-membered cyclic amide) rings is 1. The molecule has 0 aromatic carbocycles. The number of fused-ring (bicyclic) bond motifs is 1. The first-order valence-electron chi connectivity index (χ1n) is 12.3. The third-order valence-corrected chi connectivity index (χ3v) is 8.26. The predicted molar refractivity (Wildman–Crippen MR) is 148 cm³/mol. The molecule has 9 N–H and O–H groups in total. The van der Waals surface area contributed by atoms with Gasteiger partial charge in [0.2, 0.25) is 29.2 Å². The first-order chi connectivity index (χ1) is 20.2. The highest BCUT2D eigenvalue weighted by molar-refractivity contribution is 8.00. The minimum Gasteiger partial charge on any atom is -0.543 e. The second-order valence-electron chi connectivity index (χ2n) is 9.70. The minimum absolute atomic E-state index is 0.00952. The maximum absolute atomic E-state index is 13.2. The van der Waals surface area contributed by atoms with Crippen molar-refractivity contribution in [1.29, 1.82) is 0 Å². The quantitative estimate of drug-likeness (QED) is 0.0591. The van der Waals surface area contributed by atoms with E-state index in [-0.39, 0.29) is 47.0 Å². The van der Waals surface area contributed by atoms with Gasteiger partial charge in [0.05, 0.1) is 25.3 Å². The Morgan fingerprint density at radius 2 is 2.02 bits per heavy atom. The fourth-order valence-corrected chi connectivity index (χ4v) is 5.75. The van der Waals surface area contributed by atoms with Gasteiger partial charge >= 0.3 is 5.97 Å². The Morgan fingerprint density at radius 1 is 1.33 bits per heavy atom. The van der Waals surface area contributed by atoms with E-state index in [2.05, 4.69) is 25.1 Å². The van der Waals surface area contributed by atoms with Crippen LogP contribution in [-0.2, 0) is 42.4 Å². The van der Waals surface area contributed by atoms with E-state index in [0.717, 1.165) is 16.4 Å². The van der Waals surface area contributed by atoms with E-state index in [1.54, 1.807) is 7.05 Å². The molecule has 2 aromatic rings. The number of aliphatic carboxylic acids is 2. The Balaban J connectivity index is 1.56. The highest BCUT2D eigenvalue weighted by Gasteiger charge is 2.53. The van der Waals surface area contributed by atoms with Crippen LogP contribution in [0, 0.1) is 0 Å². The second-order valence-corrected chi connectivity index (χ2v) is 11.6. The van der Waals surface area contributed by atoms with Gasteiger partial charge in [-0.25, -0.2) is 4.79 Å². The zero-order valence-corrected chi connectivity index (χ0v) is 24.5. The summed E-state index contributed by atoms with van der Waals surface area (Å²) in [5.74, 6) is -5.12. The highest BCUT2D eigenvalue weighted by atomic mass is 32.2. The van der Waals surface area contributed by atoms with Crippen molar-refractivity contribution in [2.24, 2.45) is 17.9 Å². The van der Waals surface area contributed by atoms with E-state index < -0.39 is 52.4 Å². The lowest BCUT2D eigenvalue weighted by molar-refractivity contribution is -0.765. The molecule has 0 unspecified atom stereocenters. The van der Waals surface area contributed by atoms with E-state index in [4.69, 9.17) is 22.0 Å². The van der Waals surface area contributed by atoms with Crippen molar-refractivity contribution in [2.45, 2.75) is 37.4 Å². The maximum atomic E-state index is 13.2. The third kappa shape index (κ3) is 6.08. The number of carbonyl (C=O) groups is 5. The molecule has 4 heterocycles. The van der Waals surface area contributed by atoms with Crippen LogP contribution in [0.4, 0.5) is 16.6 Å². The lowest BCUT2D eigenvalue weighted by Gasteiger charge is -2.50. The molecular weight excluding hydrogens is 610 g/mol. The molecule has 0 radical (unpaired) electrons. The fourth-order valence-electron chi connectivity index (χ4n) is 3.98. The third-order valence-electron chi connectivity index (χ3n) is 6.38. The lowest BCUT2D eigenvalue weighted by Crippen LogP contribution is -2.71. The normalized spacial score (nSPS) is 18.6. The van der Waals surface area contributed by atoms with Crippen molar-refractivity contribution in [1.82, 2.24) is 24.3 Å². The fraction of sp³-hybridized carbons (Fsp3) is 0.409. The average Bonchev–Trinajstić information content (AvgIpc) is 3.49. The van der Waals surface area contributed by atoms with Gasteiger partial charge in [0, 0.05) is 22.9 Å². The van der Waals surface area contributed by atoms with Crippen LogP contribution in [0.25, 0.3) is 0 Å². The molecule has 1 fully saturated rings. The largest absolute Gasteiger partial charge is 0.543 e. The minimum atomic E-state index is -1.82. The summed E-state index contributed by atoms with van der Waals surface area (Å²) in [7, 11) is 1.59. The zero-order valence-electron chi connectivity index (χ0n) is 22.9. The summed E-state index contributed by atoms with van der Waals surface area (Å²) in [6.07, 6.45) is 1.49. The molecule has 4 rings (SSSR count). The monoisotopic (exact) mass is 637 g/mol. The Morgan fingerprint density at radius 3 is 2.60 bits per heavy atom. The molecule has 2 aromatic heterocycles. The van der Waals surface area contributed by atoms with Crippen molar-refractivity contribution in [3.8, 4) is 0 Å². The number of nitrogens with one attached hydrogen (secondary N) is 2. The van der Waals surface area contributed by atoms with Crippen molar-refractivity contribution in [3.05, 3.63) is 23.3 Å². The molecule has 21 heteroatoms. The Kier molecular flexibility index (Phi) is 8.59. The van der Waals surface area contributed by atoms with E-state index >= 15 is 0 Å². The molecule has 0 saturated carbocycles. The van der Waals surface area contributed by atoms with Gasteiger partial charge in [-0.1, -0.05) is 5.16 Å². The molecule has 2 aliphatic rings. The van der Waals surface area contributed by atoms with Crippen LogP contribution in [0.5, 0.6) is 0 Å². The van der Waals surface area contributed by atoms with Gasteiger partial charge in [-0.15, -0.1) is 21.1 Å². The van der Waals surface area contributed by atoms with Gasteiger partial charge in [-0.3, -0.25) is 19.3 Å². The summed E-state index contributed by atoms with van der Waals surface area (Å²) in [6, 6.07) is -1.18. The summed E-state index contributed by atoms with van der Waals surface area (Å²) in [4.78, 5) is 71.6. The first kappa shape index (κ1) is 31.2. The first-order valence-corrected chi connectivity index (χ1v) is 14.1. The summed E-state index contributed by atoms with van der Waals surface area (Å²) in [5, 5.41) is 29.3. The molecule has 230 valence electrons. The zero-order chi connectivity index (χ0) is 31.8. The predicted octanol–water partition coefficient (Wildman–Crippen LogP) is -4.09. The molecule has 43 heavy (non-hydrogen) atoms. The van der Waals surface area contributed by atoms with Gasteiger partial charge in [-0.2, -0.15) is 9.36 Å². The van der Waals surface area contributed by atoms with E-state index in [1.807, 2.05) is 0 Å². The number of aromatic nitrogens is 4. The van der Waals surface area contributed by atoms with Crippen molar-refractivity contribution >= 4 is 75.3 Å². The number of hydrogen-bond acceptors (Lipinski definition) is 15. The highest BCUT2D eigenvalue weighted by Crippen LogP contribution is 2.40. The van der Waals surface area contributed by atoms with Crippen LogP contribution in [0.15, 0.2) is 22.6 Å². The summed E-state index contributed by atoms with van der Waals surface area (Å²) < 4.78 is 6.93. The molecule has 0 aliphatic carbocycles. The number of amides is 3. The molecule has 0 bridgehead atoms. The number of nitrogens with two attached hydrogens (primary N) is 3. The van der Waals surface area contributed by atoms with Gasteiger partial charge < -0.3 is 47.7 Å². The Labute approximate surface area is 250 Å². The summed E-state index contributed by atoms with van der Waals surface area (Å²) >= 11 is 1.93. The SMILES string of the molecule is Cn1c(N)c(NC(=O)CN)c[n+]1CC1=C(C(=O)[O-])N2C(=O)[C@@H](NC(=O)/C(=N\OC(C)(C)C(=O)O)c3nsc(N)n3)[C@H]2SC1. The smallest absolute Gasteiger partial charge is 0.350 e. The van der Waals surface area contributed by atoms with Crippen LogP contribution < -0.4 is 37.6 Å². The maximum Gasteiger partial charge on any atom is 0.350 e. The topological polar surface area (TPSA) is 290 Å². The lowest BCUT2D eigenvalue weighted by atomic mass is 10.0. The van der Waals surface area contributed by atoms with E-state index in [0.29, 0.717) is 5.57 Å². The van der Waals surface area contributed by atoms with Crippen LogP contribution in [-0.4, -0.2) is 88.7 Å². The molecule has 3 amide bonds. The Hall–Kier alpha value is -4.76. The number of carboxylic acid groups (broad SMARTS) is 2. The van der Waals surface area contributed by atoms with E-state index in [9.17, 15) is 34.2 Å². The van der Waals surface area contributed by atoms with Crippen LogP contribution in [0.2, 0.25) is 0 Å². The summed E-state index contributed by atoms with van der Waals surface area (Å²) in [6.45, 7) is 2.12. The Bertz CT molecular complexity index is 1580. The molecular formula is C22H27N11O8S2. The molecule has 19 nitrogen and oxygen atoms in total. The number of nitrogen functional groups attached to an aromatic ring is 2. The molecule has 2 atom stereocenters. The standard InChI is InChI=1S/C22H27N11O8S2/c1-22(2,20(39)40)41-29-11(15-28-21(25)43-30-15)16(35)27-12-17(36)33-13(19(37)38)8(7-42-18(12)33)5-32-6-9(14(24)31(32)3)26-10(34)4-23/h6,12,18,24H,4-5,7,23H2,1-3H3,(H6,25,26,27,28,30,34,35,37,38,39,40)/b29-11-/t12-,18-/m1/s1. The van der Waals surface area contributed by atoms with E-state index in [1.165, 1.54) is 41.2 Å². The molecule has 0 spiro atoms. The van der Waals surface area contributed by atoms with Crippen LogP contribution in [0.3, 0.4) is 0 Å². The molecule has 2 aliphatic heterocycles.